The van der Waals surface area contributed by atoms with E-state index in [-0.39, 0.29) is 11.9 Å². The molecule has 108 valence electrons. The second kappa shape index (κ2) is 6.05. The second-order valence-corrected chi connectivity index (χ2v) is 5.23. The summed E-state index contributed by atoms with van der Waals surface area (Å²) in [5.41, 5.74) is 7.35. The van der Waals surface area contributed by atoms with E-state index in [2.05, 4.69) is 4.98 Å². The molecule has 0 aliphatic carbocycles. The maximum atomic E-state index is 14.0. The molecule has 1 aromatic carbocycles. The summed E-state index contributed by atoms with van der Waals surface area (Å²) in [4.78, 5) is 6.30. The summed E-state index contributed by atoms with van der Waals surface area (Å²) in [5, 5.41) is 0. The van der Waals surface area contributed by atoms with Gasteiger partial charge in [0.15, 0.2) is 0 Å². The predicted octanol–water partition coefficient (Wildman–Crippen LogP) is 2.09. The second-order valence-electron chi connectivity index (χ2n) is 5.23. The monoisotopic (exact) mass is 276 g/mol. The number of aromatic nitrogens is 2. The third-order valence-corrected chi connectivity index (χ3v) is 3.33. The van der Waals surface area contributed by atoms with Gasteiger partial charge in [-0.25, -0.2) is 9.37 Å². The van der Waals surface area contributed by atoms with Crippen molar-refractivity contribution in [3.63, 3.8) is 0 Å². The van der Waals surface area contributed by atoms with Crippen LogP contribution in [0.5, 0.6) is 0 Å². The van der Waals surface area contributed by atoms with Crippen molar-refractivity contribution in [1.29, 1.82) is 0 Å². The van der Waals surface area contributed by atoms with Crippen LogP contribution in [0.1, 0.15) is 18.3 Å². The lowest BCUT2D eigenvalue weighted by molar-refractivity contribution is 0.594. The molecular formula is C15H21FN4. The van der Waals surface area contributed by atoms with E-state index in [0.717, 1.165) is 11.5 Å². The Hall–Kier alpha value is -1.88. The summed E-state index contributed by atoms with van der Waals surface area (Å²) in [6.45, 7) is 2.51. The molecule has 5 heteroatoms. The Kier molecular flexibility index (Phi) is 4.39. The zero-order valence-electron chi connectivity index (χ0n) is 12.2. The molecule has 1 heterocycles. The minimum absolute atomic E-state index is 0.0767. The van der Waals surface area contributed by atoms with E-state index >= 15 is 0 Å². The summed E-state index contributed by atoms with van der Waals surface area (Å²) in [6.07, 6.45) is 4.18. The fraction of sp³-hybridized carbons (Fsp3) is 0.400. The number of hydrogen-bond donors (Lipinski definition) is 1. The first kappa shape index (κ1) is 14.5. The van der Waals surface area contributed by atoms with Crippen molar-refractivity contribution < 1.29 is 4.39 Å². The van der Waals surface area contributed by atoms with Crippen molar-refractivity contribution in [3.8, 4) is 0 Å². The molecule has 0 saturated carbocycles. The molecule has 2 rings (SSSR count). The highest BCUT2D eigenvalue weighted by Gasteiger charge is 2.14. The number of benzene rings is 1. The van der Waals surface area contributed by atoms with E-state index in [1.807, 2.05) is 42.7 Å². The first-order chi connectivity index (χ1) is 9.49. The summed E-state index contributed by atoms with van der Waals surface area (Å²) in [7, 11) is 3.89. The minimum Gasteiger partial charge on any atom is -0.367 e. The van der Waals surface area contributed by atoms with Crippen LogP contribution >= 0.6 is 0 Å². The van der Waals surface area contributed by atoms with Crippen LogP contribution in [0.3, 0.4) is 0 Å². The molecular weight excluding hydrogens is 255 g/mol. The molecule has 2 aromatic rings. The molecule has 0 saturated heterocycles. The van der Waals surface area contributed by atoms with E-state index in [1.165, 1.54) is 6.07 Å². The van der Waals surface area contributed by atoms with Gasteiger partial charge in [-0.15, -0.1) is 0 Å². The Morgan fingerprint density at radius 1 is 1.45 bits per heavy atom. The summed E-state index contributed by atoms with van der Waals surface area (Å²) >= 11 is 0. The van der Waals surface area contributed by atoms with Crippen molar-refractivity contribution in [1.82, 2.24) is 9.55 Å². The molecule has 1 aromatic heterocycles. The van der Waals surface area contributed by atoms with Crippen LogP contribution in [0.15, 0.2) is 30.6 Å². The zero-order valence-corrected chi connectivity index (χ0v) is 12.2. The Morgan fingerprint density at radius 2 is 2.20 bits per heavy atom. The standard InChI is InChI=1S/C15H21FN4/c1-11(17)9-12-13(16)5-4-6-14(12)20(3)10-15-18-7-8-19(15)2/h4-8,11H,9-10,17H2,1-3H3. The number of aryl methyl sites for hydroxylation is 1. The Bertz CT molecular complexity index is 577. The molecule has 0 radical (unpaired) electrons. The van der Waals surface area contributed by atoms with Crippen LogP contribution in [0.4, 0.5) is 10.1 Å². The van der Waals surface area contributed by atoms with Gasteiger partial charge < -0.3 is 15.2 Å². The van der Waals surface area contributed by atoms with Gasteiger partial charge in [0, 0.05) is 43.8 Å². The van der Waals surface area contributed by atoms with E-state index in [9.17, 15) is 4.39 Å². The molecule has 1 unspecified atom stereocenters. The third-order valence-electron chi connectivity index (χ3n) is 3.33. The van der Waals surface area contributed by atoms with Crippen LogP contribution < -0.4 is 10.6 Å². The highest BCUT2D eigenvalue weighted by Crippen LogP contribution is 2.24. The highest BCUT2D eigenvalue weighted by atomic mass is 19.1. The predicted molar refractivity (Wildman–Crippen MR) is 79.1 cm³/mol. The fourth-order valence-corrected chi connectivity index (χ4v) is 2.28. The molecule has 0 bridgehead atoms. The molecule has 0 fully saturated rings. The van der Waals surface area contributed by atoms with Crippen LogP contribution in [-0.4, -0.2) is 22.6 Å². The Morgan fingerprint density at radius 3 is 2.80 bits per heavy atom. The average molecular weight is 276 g/mol. The van der Waals surface area contributed by atoms with Gasteiger partial charge in [-0.1, -0.05) is 6.07 Å². The number of anilines is 1. The van der Waals surface area contributed by atoms with Gasteiger partial charge >= 0.3 is 0 Å². The summed E-state index contributed by atoms with van der Waals surface area (Å²) < 4.78 is 16.0. The van der Waals surface area contributed by atoms with Gasteiger partial charge in [-0.05, 0) is 25.5 Å². The normalized spacial score (nSPS) is 12.4. The smallest absolute Gasteiger partial charge is 0.128 e. The van der Waals surface area contributed by atoms with Crippen LogP contribution in [0.2, 0.25) is 0 Å². The highest BCUT2D eigenvalue weighted by molar-refractivity contribution is 5.54. The van der Waals surface area contributed by atoms with Gasteiger partial charge in [0.1, 0.15) is 11.6 Å². The van der Waals surface area contributed by atoms with E-state index < -0.39 is 0 Å². The lowest BCUT2D eigenvalue weighted by Crippen LogP contribution is -2.24. The number of imidazole rings is 1. The van der Waals surface area contributed by atoms with Crippen molar-refractivity contribution in [2.75, 3.05) is 11.9 Å². The van der Waals surface area contributed by atoms with Crippen LogP contribution in [0.25, 0.3) is 0 Å². The van der Waals surface area contributed by atoms with Gasteiger partial charge in [0.05, 0.1) is 6.54 Å². The minimum atomic E-state index is -0.202. The van der Waals surface area contributed by atoms with Crippen molar-refractivity contribution in [2.45, 2.75) is 25.9 Å². The lowest BCUT2D eigenvalue weighted by Gasteiger charge is -2.23. The maximum absolute atomic E-state index is 14.0. The van der Waals surface area contributed by atoms with Gasteiger partial charge in [-0.2, -0.15) is 0 Å². The molecule has 1 atom stereocenters. The van der Waals surface area contributed by atoms with Crippen molar-refractivity contribution in [3.05, 3.63) is 47.8 Å². The fourth-order valence-electron chi connectivity index (χ4n) is 2.28. The van der Waals surface area contributed by atoms with E-state index in [1.54, 1.807) is 12.3 Å². The number of nitrogens with two attached hydrogens (primary N) is 1. The number of rotatable bonds is 5. The van der Waals surface area contributed by atoms with Gasteiger partial charge in [0.2, 0.25) is 0 Å². The van der Waals surface area contributed by atoms with Gasteiger partial charge in [-0.3, -0.25) is 0 Å². The summed E-state index contributed by atoms with van der Waals surface area (Å²) in [5.74, 6) is 0.731. The first-order valence-electron chi connectivity index (χ1n) is 6.69. The van der Waals surface area contributed by atoms with Crippen LogP contribution in [-0.2, 0) is 20.0 Å². The molecule has 4 nitrogen and oxygen atoms in total. The first-order valence-corrected chi connectivity index (χ1v) is 6.69. The molecule has 0 aliphatic heterocycles. The molecule has 2 N–H and O–H groups in total. The molecule has 0 aliphatic rings. The molecule has 0 amide bonds. The molecule has 0 spiro atoms. The number of hydrogen-bond acceptors (Lipinski definition) is 3. The average Bonchev–Trinajstić information content (AvgIpc) is 2.77. The lowest BCUT2D eigenvalue weighted by atomic mass is 10.0. The van der Waals surface area contributed by atoms with Gasteiger partial charge in [0.25, 0.3) is 0 Å². The van der Waals surface area contributed by atoms with Crippen LogP contribution in [0, 0.1) is 5.82 Å². The van der Waals surface area contributed by atoms with E-state index in [0.29, 0.717) is 18.5 Å². The maximum Gasteiger partial charge on any atom is 0.128 e. The number of nitrogens with zero attached hydrogens (tertiary/aromatic N) is 3. The topological polar surface area (TPSA) is 47.1 Å². The SMILES string of the molecule is CC(N)Cc1c(F)cccc1N(C)Cc1nccn1C. The zero-order chi connectivity index (χ0) is 14.7. The third kappa shape index (κ3) is 3.17. The summed E-state index contributed by atoms with van der Waals surface area (Å²) in [6, 6.07) is 5.05. The number of halogens is 1. The van der Waals surface area contributed by atoms with E-state index in [4.69, 9.17) is 5.73 Å². The molecule has 20 heavy (non-hydrogen) atoms. The van der Waals surface area contributed by atoms with Crippen molar-refractivity contribution in [2.24, 2.45) is 12.8 Å². The largest absolute Gasteiger partial charge is 0.367 e. The quantitative estimate of drug-likeness (QED) is 0.909. The van der Waals surface area contributed by atoms with Crippen molar-refractivity contribution >= 4 is 5.69 Å². The Labute approximate surface area is 119 Å². The Balaban J connectivity index is 2.27.